The first-order valence-corrected chi connectivity index (χ1v) is 15.8. The highest BCUT2D eigenvalue weighted by Gasteiger charge is 2.65. The zero-order valence-corrected chi connectivity index (χ0v) is 25.0. The van der Waals surface area contributed by atoms with Crippen molar-refractivity contribution >= 4 is 43.4 Å². The highest BCUT2D eigenvalue weighted by Crippen LogP contribution is 2.64. The number of halogens is 1. The molecule has 38 heavy (non-hydrogen) atoms. The van der Waals surface area contributed by atoms with E-state index in [0.29, 0.717) is 24.8 Å². The molecule has 0 saturated heterocycles. The number of ketones is 1. The summed E-state index contributed by atoms with van der Waals surface area (Å²) in [5.74, 6) is 0.488. The number of carbonyl (C=O) groups excluding carboxylic acids is 1. The predicted molar refractivity (Wildman–Crippen MR) is 151 cm³/mol. The minimum Gasteiger partial charge on any atom is -0.382 e. The first kappa shape index (κ1) is 27.9. The van der Waals surface area contributed by atoms with Crippen LogP contribution in [0.3, 0.4) is 0 Å². The number of hydrogen-bond acceptors (Lipinski definition) is 7. The average Bonchev–Trinajstić information content (AvgIpc) is 3.42. The van der Waals surface area contributed by atoms with Crippen LogP contribution >= 0.6 is 15.9 Å². The quantitative estimate of drug-likeness (QED) is 0.473. The number of amidine groups is 1. The smallest absolute Gasteiger partial charge is 0.265 e. The predicted octanol–water partition coefficient (Wildman–Crippen LogP) is 4.83. The van der Waals surface area contributed by atoms with Crippen molar-refractivity contribution in [2.45, 2.75) is 83.9 Å². The lowest BCUT2D eigenvalue weighted by atomic mass is 9.65. The maximum Gasteiger partial charge on any atom is 0.265 e. The Morgan fingerprint density at radius 1 is 1.16 bits per heavy atom. The number of Topliss-reactive ketones (excluding diaryl/α,β-unsaturated/α-hetero) is 1. The number of nitrogens with zero attached hydrogens (tertiary/aromatic N) is 2. The van der Waals surface area contributed by atoms with E-state index in [9.17, 15) is 13.2 Å². The van der Waals surface area contributed by atoms with Crippen LogP contribution in [-0.4, -0.2) is 49.3 Å². The van der Waals surface area contributed by atoms with E-state index in [0.717, 1.165) is 48.7 Å². The van der Waals surface area contributed by atoms with E-state index in [1.54, 1.807) is 0 Å². The Hall–Kier alpha value is -1.62. The number of carbonyl (C=O) groups is 1. The monoisotopic (exact) mass is 607 g/mol. The van der Waals surface area contributed by atoms with E-state index in [-0.39, 0.29) is 22.5 Å². The van der Waals surface area contributed by atoms with Crippen LogP contribution in [0.1, 0.15) is 76.8 Å². The summed E-state index contributed by atoms with van der Waals surface area (Å²) in [4.78, 5) is 21.9. The second-order valence-electron chi connectivity index (χ2n) is 12.5. The molecule has 5 aliphatic rings. The van der Waals surface area contributed by atoms with Crippen LogP contribution in [-0.2, 0) is 31.7 Å². The van der Waals surface area contributed by atoms with Gasteiger partial charge in [0.2, 0.25) is 0 Å². The van der Waals surface area contributed by atoms with E-state index in [1.165, 1.54) is 11.1 Å². The molecule has 2 bridgehead atoms. The van der Waals surface area contributed by atoms with Crippen LogP contribution in [0.2, 0.25) is 0 Å². The summed E-state index contributed by atoms with van der Waals surface area (Å²) in [5, 5.41) is 0. The van der Waals surface area contributed by atoms with Gasteiger partial charge in [0, 0.05) is 29.0 Å². The second-order valence-corrected chi connectivity index (χ2v) is 14.8. The van der Waals surface area contributed by atoms with Gasteiger partial charge >= 0.3 is 0 Å². The standard InChI is InChI=1S/C18H22BrN3O.C10H16O4S/c1-11-16(20)22-18(21-11)15-9-13(19)4-3-12(15)10-17(18)7-5-14(23-2)6-8-17;1-9(2)7-3-4-10(9,8(11)5-7)6-15(12,13)14/h3-4,9,14H,5-8,10H2,1-2H3,(H2,20,22);7H,3-6H2,1-2H3,(H,12,13,14)/t14?,17?,18-;7-,10-/m01/s1. The number of benzene rings is 1. The van der Waals surface area contributed by atoms with Gasteiger partial charge in [-0.1, -0.05) is 35.8 Å². The van der Waals surface area contributed by atoms with Crippen LogP contribution in [0, 0.1) is 22.2 Å². The number of rotatable bonds is 3. The van der Waals surface area contributed by atoms with E-state index < -0.39 is 26.9 Å². The Morgan fingerprint density at radius 2 is 1.84 bits per heavy atom. The number of ether oxygens (including phenoxy) is 1. The van der Waals surface area contributed by atoms with Crippen molar-refractivity contribution in [3.05, 3.63) is 33.8 Å². The lowest BCUT2D eigenvalue weighted by Gasteiger charge is -2.44. The minimum atomic E-state index is -4.08. The fourth-order valence-electron chi connectivity index (χ4n) is 8.06. The van der Waals surface area contributed by atoms with Crippen molar-refractivity contribution in [1.82, 2.24) is 0 Å². The van der Waals surface area contributed by atoms with Gasteiger partial charge < -0.3 is 10.5 Å². The molecule has 6 rings (SSSR count). The molecule has 3 N–H and O–H groups in total. The Labute approximate surface area is 233 Å². The summed E-state index contributed by atoms with van der Waals surface area (Å²) in [7, 11) is -2.26. The molecule has 8 nitrogen and oxygen atoms in total. The highest BCUT2D eigenvalue weighted by molar-refractivity contribution is 9.10. The molecule has 1 aliphatic heterocycles. The third-order valence-electron chi connectivity index (χ3n) is 10.5. The molecule has 2 spiro atoms. The molecule has 0 radical (unpaired) electrons. The lowest BCUT2D eigenvalue weighted by Crippen LogP contribution is -2.43. The van der Waals surface area contributed by atoms with E-state index in [1.807, 2.05) is 27.9 Å². The molecular formula is C28H38BrN3O5S. The Kier molecular flexibility index (Phi) is 6.77. The second kappa shape index (κ2) is 9.21. The molecule has 208 valence electrons. The summed E-state index contributed by atoms with van der Waals surface area (Å²) in [6.45, 7) is 5.86. The Bertz CT molecular complexity index is 1310. The first-order valence-electron chi connectivity index (χ1n) is 13.4. The van der Waals surface area contributed by atoms with Gasteiger partial charge in [-0.25, -0.2) is 4.99 Å². The topological polar surface area (TPSA) is 131 Å². The zero-order valence-electron chi connectivity index (χ0n) is 22.6. The maximum atomic E-state index is 11.9. The van der Waals surface area contributed by atoms with Crippen molar-refractivity contribution in [1.29, 1.82) is 0 Å². The molecule has 0 unspecified atom stereocenters. The molecule has 0 aromatic heterocycles. The van der Waals surface area contributed by atoms with Crippen LogP contribution in [0.4, 0.5) is 0 Å². The van der Waals surface area contributed by atoms with Crippen LogP contribution in [0.5, 0.6) is 0 Å². The van der Waals surface area contributed by atoms with Crippen LogP contribution in [0.25, 0.3) is 0 Å². The van der Waals surface area contributed by atoms with Gasteiger partial charge in [-0.05, 0) is 80.9 Å². The molecule has 4 aliphatic carbocycles. The summed E-state index contributed by atoms with van der Waals surface area (Å²) < 4.78 is 37.6. The summed E-state index contributed by atoms with van der Waals surface area (Å²) in [5.41, 5.74) is 7.99. The normalized spacial score (nSPS) is 34.2. The zero-order chi connectivity index (χ0) is 27.7. The van der Waals surface area contributed by atoms with E-state index in [2.05, 4.69) is 34.1 Å². The molecule has 3 fully saturated rings. The number of hydrogen-bond donors (Lipinski definition) is 2. The van der Waals surface area contributed by atoms with Gasteiger partial charge in [0.1, 0.15) is 11.6 Å². The largest absolute Gasteiger partial charge is 0.382 e. The van der Waals surface area contributed by atoms with Crippen molar-refractivity contribution in [3.63, 3.8) is 0 Å². The van der Waals surface area contributed by atoms with Gasteiger partial charge in [0.05, 0.1) is 23.0 Å². The molecule has 0 amide bonds. The van der Waals surface area contributed by atoms with Crippen molar-refractivity contribution in [2.75, 3.05) is 12.9 Å². The molecular weight excluding hydrogens is 570 g/mol. The number of fused-ring (bicyclic) bond motifs is 5. The van der Waals surface area contributed by atoms with Gasteiger partial charge in [0.25, 0.3) is 10.1 Å². The average molecular weight is 609 g/mol. The number of nitrogens with two attached hydrogens (primary N) is 1. The third-order valence-corrected chi connectivity index (χ3v) is 11.8. The number of aliphatic imine (C=N–C) groups is 2. The third kappa shape index (κ3) is 4.12. The highest BCUT2D eigenvalue weighted by atomic mass is 79.9. The van der Waals surface area contributed by atoms with Gasteiger partial charge in [0.15, 0.2) is 5.66 Å². The van der Waals surface area contributed by atoms with Crippen molar-refractivity contribution in [2.24, 2.45) is 37.9 Å². The van der Waals surface area contributed by atoms with Gasteiger partial charge in [-0.2, -0.15) is 8.42 Å². The summed E-state index contributed by atoms with van der Waals surface area (Å²) in [6, 6.07) is 6.52. The minimum absolute atomic E-state index is 0.0152. The summed E-state index contributed by atoms with van der Waals surface area (Å²) >= 11 is 3.61. The van der Waals surface area contributed by atoms with Crippen LogP contribution < -0.4 is 5.73 Å². The molecule has 1 aromatic rings. The fourth-order valence-corrected chi connectivity index (χ4v) is 9.72. The van der Waals surface area contributed by atoms with Gasteiger partial charge in [-0.15, -0.1) is 0 Å². The van der Waals surface area contributed by atoms with E-state index in [4.69, 9.17) is 25.0 Å². The van der Waals surface area contributed by atoms with Crippen molar-refractivity contribution in [3.8, 4) is 0 Å². The van der Waals surface area contributed by atoms with Crippen molar-refractivity contribution < 1.29 is 22.5 Å². The molecule has 3 atom stereocenters. The fraction of sp³-hybridized carbons (Fsp3) is 0.679. The molecule has 3 saturated carbocycles. The Morgan fingerprint density at radius 3 is 2.34 bits per heavy atom. The lowest BCUT2D eigenvalue weighted by molar-refractivity contribution is -0.128. The molecule has 10 heteroatoms. The Balaban J connectivity index is 0.000000170. The number of methoxy groups -OCH3 is 1. The SMILES string of the molecule is CC1(C)[C@@H]2CC[C@@]1(CS(=O)(=O)O)C(=O)C2.COC1CCC2(CC1)Cc1ccc(Br)cc1[C@@]21N=C(C)C(N)=N1. The van der Waals surface area contributed by atoms with Crippen LogP contribution in [0.15, 0.2) is 32.7 Å². The van der Waals surface area contributed by atoms with Gasteiger partial charge in [-0.3, -0.25) is 14.3 Å². The maximum absolute atomic E-state index is 11.9. The first-order chi connectivity index (χ1) is 17.7. The van der Waals surface area contributed by atoms with E-state index >= 15 is 0 Å². The summed E-state index contributed by atoms with van der Waals surface area (Å²) in [6.07, 6.45) is 7.64. The molecule has 1 heterocycles. The molecule has 1 aromatic carbocycles.